The molecule has 0 fully saturated rings. The van der Waals surface area contributed by atoms with Crippen molar-refractivity contribution in [1.82, 2.24) is 15.1 Å². The molecule has 1 atom stereocenters. The summed E-state index contributed by atoms with van der Waals surface area (Å²) in [6, 6.07) is 1.98. The van der Waals surface area contributed by atoms with Gasteiger partial charge < -0.3 is 10.6 Å². The number of hydrogen-bond acceptors (Lipinski definition) is 3. The first-order valence-corrected chi connectivity index (χ1v) is 4.58. The number of rotatable bonds is 4. The molecule has 0 spiro atoms. The van der Waals surface area contributed by atoms with Gasteiger partial charge in [-0.05, 0) is 6.92 Å². The van der Waals surface area contributed by atoms with Crippen molar-refractivity contribution in [3.63, 3.8) is 0 Å². The summed E-state index contributed by atoms with van der Waals surface area (Å²) in [7, 11) is 3.49. The lowest BCUT2D eigenvalue weighted by molar-refractivity contribution is -0.120. The van der Waals surface area contributed by atoms with Gasteiger partial charge in [0.05, 0.1) is 6.20 Å². The Morgan fingerprint density at radius 1 is 1.71 bits per heavy atom. The van der Waals surface area contributed by atoms with Gasteiger partial charge in [0.2, 0.25) is 5.91 Å². The van der Waals surface area contributed by atoms with Crippen LogP contribution in [0.5, 0.6) is 0 Å². The third-order valence-corrected chi connectivity index (χ3v) is 1.99. The van der Waals surface area contributed by atoms with Crippen molar-refractivity contribution < 1.29 is 4.79 Å². The number of nitrogens with one attached hydrogen (secondary N) is 2. The molecule has 0 bridgehead atoms. The molecule has 1 rings (SSSR count). The maximum atomic E-state index is 11.1. The minimum Gasteiger partial charge on any atom is -0.367 e. The fourth-order valence-corrected chi connectivity index (χ4v) is 1.20. The molecule has 1 heterocycles. The molecule has 1 amide bonds. The van der Waals surface area contributed by atoms with Crippen molar-refractivity contribution in [3.05, 3.63) is 12.3 Å². The molecule has 0 aliphatic heterocycles. The lowest BCUT2D eigenvalue weighted by Gasteiger charge is -2.13. The molecule has 5 heteroatoms. The highest BCUT2D eigenvalue weighted by Crippen LogP contribution is 2.06. The molecule has 2 N–H and O–H groups in total. The Bertz CT molecular complexity index is 308. The Balaban J connectivity index is 2.45. The summed E-state index contributed by atoms with van der Waals surface area (Å²) in [4.78, 5) is 11.1. The predicted molar refractivity (Wildman–Crippen MR) is 55.0 cm³/mol. The monoisotopic (exact) mass is 196 g/mol. The molecule has 0 saturated heterocycles. The Morgan fingerprint density at radius 2 is 2.43 bits per heavy atom. The highest BCUT2D eigenvalue weighted by molar-refractivity contribution is 5.76. The van der Waals surface area contributed by atoms with E-state index in [-0.39, 0.29) is 11.9 Å². The van der Waals surface area contributed by atoms with E-state index >= 15 is 0 Å². The number of hydrogen-bond donors (Lipinski definition) is 2. The van der Waals surface area contributed by atoms with E-state index in [1.807, 2.05) is 20.0 Å². The summed E-state index contributed by atoms with van der Waals surface area (Å²) >= 11 is 0. The van der Waals surface area contributed by atoms with Crippen LogP contribution in [0.1, 0.15) is 13.3 Å². The van der Waals surface area contributed by atoms with Crippen LogP contribution in [0.3, 0.4) is 0 Å². The second kappa shape index (κ2) is 4.64. The molecule has 1 unspecified atom stereocenters. The summed E-state index contributed by atoms with van der Waals surface area (Å²) < 4.78 is 1.74. The van der Waals surface area contributed by atoms with E-state index < -0.39 is 0 Å². The first-order chi connectivity index (χ1) is 6.63. The van der Waals surface area contributed by atoms with Crippen molar-refractivity contribution in [2.45, 2.75) is 19.4 Å². The van der Waals surface area contributed by atoms with Crippen LogP contribution < -0.4 is 10.6 Å². The Labute approximate surface area is 83.5 Å². The number of anilines is 1. The maximum Gasteiger partial charge on any atom is 0.221 e. The molecule has 1 aromatic heterocycles. The summed E-state index contributed by atoms with van der Waals surface area (Å²) in [5.74, 6) is 0.952. The smallest absolute Gasteiger partial charge is 0.221 e. The largest absolute Gasteiger partial charge is 0.367 e. The highest BCUT2D eigenvalue weighted by atomic mass is 16.1. The SMILES string of the molecule is CNC(=O)CC(C)Nc1ccnn1C. The molecule has 78 valence electrons. The van der Waals surface area contributed by atoms with Crippen molar-refractivity contribution in [1.29, 1.82) is 0 Å². The first kappa shape index (κ1) is 10.6. The van der Waals surface area contributed by atoms with Crippen LogP contribution in [-0.4, -0.2) is 28.8 Å². The van der Waals surface area contributed by atoms with Crippen LogP contribution in [0, 0.1) is 0 Å². The average molecular weight is 196 g/mol. The molecule has 0 aliphatic rings. The second-order valence-corrected chi connectivity index (χ2v) is 3.26. The van der Waals surface area contributed by atoms with E-state index in [9.17, 15) is 4.79 Å². The Morgan fingerprint density at radius 3 is 2.93 bits per heavy atom. The fraction of sp³-hybridized carbons (Fsp3) is 0.556. The van der Waals surface area contributed by atoms with Crippen LogP contribution in [0.4, 0.5) is 5.82 Å². The molecular formula is C9H16N4O. The lowest BCUT2D eigenvalue weighted by Crippen LogP contribution is -2.27. The Hall–Kier alpha value is -1.52. The van der Waals surface area contributed by atoms with E-state index in [1.165, 1.54) is 0 Å². The van der Waals surface area contributed by atoms with Crippen LogP contribution in [-0.2, 0) is 11.8 Å². The zero-order valence-electron chi connectivity index (χ0n) is 8.74. The number of carbonyl (C=O) groups excluding carboxylic acids is 1. The Kier molecular flexibility index (Phi) is 3.50. The summed E-state index contributed by atoms with van der Waals surface area (Å²) in [6.45, 7) is 1.96. The number of amides is 1. The van der Waals surface area contributed by atoms with Gasteiger partial charge in [-0.3, -0.25) is 9.48 Å². The van der Waals surface area contributed by atoms with Crippen molar-refractivity contribution in [2.24, 2.45) is 7.05 Å². The number of nitrogens with zero attached hydrogens (tertiary/aromatic N) is 2. The minimum absolute atomic E-state index is 0.0344. The van der Waals surface area contributed by atoms with Gasteiger partial charge in [-0.1, -0.05) is 0 Å². The van der Waals surface area contributed by atoms with Crippen LogP contribution in [0.15, 0.2) is 12.3 Å². The van der Waals surface area contributed by atoms with Gasteiger partial charge in [0, 0.05) is 32.6 Å². The maximum absolute atomic E-state index is 11.1. The van der Waals surface area contributed by atoms with Gasteiger partial charge in [-0.2, -0.15) is 5.10 Å². The van der Waals surface area contributed by atoms with Crippen molar-refractivity contribution in [2.75, 3.05) is 12.4 Å². The molecule has 5 nitrogen and oxygen atoms in total. The zero-order chi connectivity index (χ0) is 10.6. The van der Waals surface area contributed by atoms with Gasteiger partial charge in [0.1, 0.15) is 5.82 Å². The van der Waals surface area contributed by atoms with E-state index in [0.29, 0.717) is 6.42 Å². The first-order valence-electron chi connectivity index (χ1n) is 4.58. The third kappa shape index (κ3) is 2.76. The summed E-state index contributed by atoms with van der Waals surface area (Å²) in [5.41, 5.74) is 0. The van der Waals surface area contributed by atoms with Gasteiger partial charge in [-0.15, -0.1) is 0 Å². The van der Waals surface area contributed by atoms with E-state index in [0.717, 1.165) is 5.82 Å². The van der Waals surface area contributed by atoms with Gasteiger partial charge in [0.25, 0.3) is 0 Å². The normalized spacial score (nSPS) is 12.2. The molecule has 0 aromatic carbocycles. The molecule has 14 heavy (non-hydrogen) atoms. The number of aryl methyl sites for hydroxylation is 1. The van der Waals surface area contributed by atoms with Gasteiger partial charge in [-0.25, -0.2) is 0 Å². The summed E-state index contributed by atoms with van der Waals surface area (Å²) in [6.07, 6.45) is 2.18. The molecule has 0 aliphatic carbocycles. The second-order valence-electron chi connectivity index (χ2n) is 3.26. The van der Waals surface area contributed by atoms with Crippen LogP contribution >= 0.6 is 0 Å². The average Bonchev–Trinajstić information content (AvgIpc) is 2.51. The standard InChI is InChI=1S/C9H16N4O/c1-7(6-9(14)10-2)12-8-4-5-11-13(8)3/h4-5,7,12H,6H2,1-3H3,(H,10,14). The number of aromatic nitrogens is 2. The van der Waals surface area contributed by atoms with Crippen molar-refractivity contribution in [3.8, 4) is 0 Å². The van der Waals surface area contributed by atoms with Crippen LogP contribution in [0.25, 0.3) is 0 Å². The zero-order valence-corrected chi connectivity index (χ0v) is 8.74. The molecular weight excluding hydrogens is 180 g/mol. The van der Waals surface area contributed by atoms with E-state index in [4.69, 9.17) is 0 Å². The van der Waals surface area contributed by atoms with Gasteiger partial charge >= 0.3 is 0 Å². The third-order valence-electron chi connectivity index (χ3n) is 1.99. The fourth-order valence-electron chi connectivity index (χ4n) is 1.20. The summed E-state index contributed by atoms with van der Waals surface area (Å²) in [5, 5.41) is 9.81. The minimum atomic E-state index is 0.0344. The lowest BCUT2D eigenvalue weighted by atomic mass is 10.2. The predicted octanol–water partition coefficient (Wildman–Crippen LogP) is 0.357. The van der Waals surface area contributed by atoms with Crippen molar-refractivity contribution >= 4 is 11.7 Å². The van der Waals surface area contributed by atoms with E-state index in [1.54, 1.807) is 17.9 Å². The number of carbonyl (C=O) groups is 1. The molecule has 1 aromatic rings. The van der Waals surface area contributed by atoms with Gasteiger partial charge in [0.15, 0.2) is 0 Å². The van der Waals surface area contributed by atoms with Crippen LogP contribution in [0.2, 0.25) is 0 Å². The topological polar surface area (TPSA) is 59.0 Å². The molecule has 0 saturated carbocycles. The highest BCUT2D eigenvalue weighted by Gasteiger charge is 2.08. The van der Waals surface area contributed by atoms with E-state index in [2.05, 4.69) is 15.7 Å². The molecule has 0 radical (unpaired) electrons. The quantitative estimate of drug-likeness (QED) is 0.731.